The minimum absolute atomic E-state index is 0.222. The average molecular weight is 288 g/mol. The van der Waals surface area contributed by atoms with Gasteiger partial charge in [0.25, 0.3) is 0 Å². The third kappa shape index (κ3) is 4.85. The summed E-state index contributed by atoms with van der Waals surface area (Å²) in [4.78, 5) is 11.7. The number of carbonyl (C=O) groups is 1. The normalized spacial score (nSPS) is 14.9. The lowest BCUT2D eigenvalue weighted by atomic mass is 10.0. The Morgan fingerprint density at radius 3 is 2.25 bits per heavy atom. The minimum atomic E-state index is -4.51. The largest absolute Gasteiger partial charge is 0.408 e. The van der Waals surface area contributed by atoms with E-state index in [1.165, 1.54) is 0 Å². The maximum absolute atomic E-state index is 13.0. The summed E-state index contributed by atoms with van der Waals surface area (Å²) in [7, 11) is 0. The molecule has 2 atom stereocenters. The molecule has 20 heavy (non-hydrogen) atoms. The van der Waals surface area contributed by atoms with Gasteiger partial charge in [-0.05, 0) is 11.5 Å². The highest BCUT2D eigenvalue weighted by Crippen LogP contribution is 2.23. The molecule has 112 valence electrons. The van der Waals surface area contributed by atoms with Crippen LogP contribution in [0.15, 0.2) is 30.3 Å². The van der Waals surface area contributed by atoms with Crippen LogP contribution in [0.5, 0.6) is 0 Å². The Morgan fingerprint density at radius 2 is 1.80 bits per heavy atom. The fourth-order valence-corrected chi connectivity index (χ4v) is 1.67. The van der Waals surface area contributed by atoms with Crippen LogP contribution in [0, 0.1) is 5.92 Å². The highest BCUT2D eigenvalue weighted by atomic mass is 19.4. The fourth-order valence-electron chi connectivity index (χ4n) is 1.67. The zero-order valence-electron chi connectivity index (χ0n) is 11.4. The number of halogens is 3. The van der Waals surface area contributed by atoms with Crippen molar-refractivity contribution in [3.05, 3.63) is 35.9 Å². The van der Waals surface area contributed by atoms with Crippen LogP contribution in [-0.4, -0.2) is 24.2 Å². The second kappa shape index (κ2) is 6.74. The second-order valence-electron chi connectivity index (χ2n) is 5.06. The van der Waals surface area contributed by atoms with Crippen molar-refractivity contribution in [1.29, 1.82) is 0 Å². The van der Waals surface area contributed by atoms with E-state index < -0.39 is 24.2 Å². The Morgan fingerprint density at radius 1 is 1.25 bits per heavy atom. The standard InChI is InChI=1S/C14H19F3N2O/c1-9(2)12(18)13(20)19-11(14(15,16)17)8-10-6-4-3-5-7-10/h3-7,9,11-12H,8,18H2,1-2H3,(H,19,20)/t11?,12-/m0/s1. The van der Waals surface area contributed by atoms with E-state index in [1.807, 2.05) is 5.32 Å². The summed E-state index contributed by atoms with van der Waals surface area (Å²) in [5.41, 5.74) is 6.07. The minimum Gasteiger partial charge on any atom is -0.343 e. The van der Waals surface area contributed by atoms with Crippen LogP contribution in [0.25, 0.3) is 0 Å². The number of hydrogen-bond acceptors (Lipinski definition) is 2. The number of nitrogens with two attached hydrogens (primary N) is 1. The van der Waals surface area contributed by atoms with Gasteiger partial charge in [-0.25, -0.2) is 0 Å². The quantitative estimate of drug-likeness (QED) is 0.873. The summed E-state index contributed by atoms with van der Waals surface area (Å²) in [6.07, 6.45) is -4.82. The zero-order valence-corrected chi connectivity index (χ0v) is 11.4. The van der Waals surface area contributed by atoms with Crippen molar-refractivity contribution in [3.63, 3.8) is 0 Å². The molecule has 0 aliphatic rings. The number of alkyl halides is 3. The van der Waals surface area contributed by atoms with Crippen molar-refractivity contribution in [2.45, 2.75) is 38.5 Å². The molecule has 0 heterocycles. The Hall–Kier alpha value is -1.56. The lowest BCUT2D eigenvalue weighted by molar-refractivity contribution is -0.162. The molecule has 1 rings (SSSR count). The maximum Gasteiger partial charge on any atom is 0.408 e. The first-order valence-electron chi connectivity index (χ1n) is 6.38. The summed E-state index contributed by atoms with van der Waals surface area (Å²) in [6.45, 7) is 3.37. The first kappa shape index (κ1) is 16.5. The number of hydrogen-bond donors (Lipinski definition) is 2. The number of rotatable bonds is 5. The molecule has 0 aliphatic carbocycles. The molecular weight excluding hydrogens is 269 g/mol. The van der Waals surface area contributed by atoms with Crippen LogP contribution in [-0.2, 0) is 11.2 Å². The van der Waals surface area contributed by atoms with Gasteiger partial charge in [-0.1, -0.05) is 44.2 Å². The van der Waals surface area contributed by atoms with E-state index in [0.29, 0.717) is 5.56 Å². The van der Waals surface area contributed by atoms with Gasteiger partial charge in [-0.15, -0.1) is 0 Å². The van der Waals surface area contributed by atoms with Gasteiger partial charge in [0.2, 0.25) is 5.91 Å². The van der Waals surface area contributed by atoms with E-state index in [0.717, 1.165) is 0 Å². The van der Waals surface area contributed by atoms with Crippen LogP contribution in [0.1, 0.15) is 19.4 Å². The summed E-state index contributed by atoms with van der Waals surface area (Å²) >= 11 is 0. The predicted octanol–water partition coefficient (Wildman–Crippen LogP) is 2.26. The molecule has 0 bridgehead atoms. The van der Waals surface area contributed by atoms with Crippen LogP contribution in [0.2, 0.25) is 0 Å². The SMILES string of the molecule is CC(C)[C@H](N)C(=O)NC(Cc1ccccc1)C(F)(F)F. The Kier molecular flexibility index (Phi) is 5.56. The first-order valence-corrected chi connectivity index (χ1v) is 6.38. The molecule has 0 aliphatic heterocycles. The number of benzene rings is 1. The summed E-state index contributed by atoms with van der Waals surface area (Å²) in [5.74, 6) is -1.00. The van der Waals surface area contributed by atoms with Crippen molar-refractivity contribution in [2.75, 3.05) is 0 Å². The molecule has 0 saturated heterocycles. The van der Waals surface area contributed by atoms with Gasteiger partial charge in [0.1, 0.15) is 6.04 Å². The third-order valence-electron chi connectivity index (χ3n) is 3.02. The molecule has 1 amide bonds. The molecular formula is C14H19F3N2O. The molecule has 0 saturated carbocycles. The number of amides is 1. The lowest BCUT2D eigenvalue weighted by Crippen LogP contribution is -2.53. The smallest absolute Gasteiger partial charge is 0.343 e. The van der Waals surface area contributed by atoms with E-state index in [4.69, 9.17) is 5.73 Å². The molecule has 1 aromatic carbocycles. The lowest BCUT2D eigenvalue weighted by Gasteiger charge is -2.24. The average Bonchev–Trinajstić information content (AvgIpc) is 2.37. The molecule has 1 unspecified atom stereocenters. The van der Waals surface area contributed by atoms with Gasteiger partial charge in [-0.3, -0.25) is 4.79 Å². The molecule has 6 heteroatoms. The Labute approximate surface area is 116 Å². The van der Waals surface area contributed by atoms with E-state index >= 15 is 0 Å². The molecule has 3 N–H and O–H groups in total. The summed E-state index contributed by atoms with van der Waals surface area (Å²) < 4.78 is 38.9. The van der Waals surface area contributed by atoms with Crippen LogP contribution in [0.3, 0.4) is 0 Å². The molecule has 3 nitrogen and oxygen atoms in total. The fraction of sp³-hybridized carbons (Fsp3) is 0.500. The van der Waals surface area contributed by atoms with Crippen LogP contribution in [0.4, 0.5) is 13.2 Å². The van der Waals surface area contributed by atoms with Gasteiger partial charge in [0.05, 0.1) is 6.04 Å². The van der Waals surface area contributed by atoms with Crippen molar-refractivity contribution in [3.8, 4) is 0 Å². The van der Waals surface area contributed by atoms with E-state index in [-0.39, 0.29) is 12.3 Å². The van der Waals surface area contributed by atoms with Crippen molar-refractivity contribution in [1.82, 2.24) is 5.32 Å². The van der Waals surface area contributed by atoms with Gasteiger partial charge in [-0.2, -0.15) is 13.2 Å². The third-order valence-corrected chi connectivity index (χ3v) is 3.02. The molecule has 1 aromatic rings. The van der Waals surface area contributed by atoms with E-state index in [2.05, 4.69) is 0 Å². The van der Waals surface area contributed by atoms with Crippen molar-refractivity contribution >= 4 is 5.91 Å². The molecule has 0 fully saturated rings. The Bertz CT molecular complexity index is 432. The first-order chi connectivity index (χ1) is 9.21. The molecule has 0 aromatic heterocycles. The topological polar surface area (TPSA) is 55.1 Å². The highest BCUT2D eigenvalue weighted by Gasteiger charge is 2.41. The summed E-state index contributed by atoms with van der Waals surface area (Å²) in [5, 5.41) is 2.00. The molecule has 0 radical (unpaired) electrons. The van der Waals surface area contributed by atoms with Crippen LogP contribution < -0.4 is 11.1 Å². The van der Waals surface area contributed by atoms with Gasteiger partial charge in [0, 0.05) is 6.42 Å². The Balaban J connectivity index is 2.79. The maximum atomic E-state index is 13.0. The van der Waals surface area contributed by atoms with Crippen molar-refractivity contribution < 1.29 is 18.0 Å². The molecule has 0 spiro atoms. The number of carbonyl (C=O) groups excluding carboxylic acids is 1. The van der Waals surface area contributed by atoms with Gasteiger partial charge in [0.15, 0.2) is 0 Å². The van der Waals surface area contributed by atoms with Crippen LogP contribution >= 0.6 is 0 Å². The monoisotopic (exact) mass is 288 g/mol. The number of nitrogens with one attached hydrogen (secondary N) is 1. The van der Waals surface area contributed by atoms with E-state index in [9.17, 15) is 18.0 Å². The highest BCUT2D eigenvalue weighted by molar-refractivity contribution is 5.82. The van der Waals surface area contributed by atoms with Crippen molar-refractivity contribution in [2.24, 2.45) is 11.7 Å². The predicted molar refractivity (Wildman–Crippen MR) is 70.9 cm³/mol. The summed E-state index contributed by atoms with van der Waals surface area (Å²) in [6, 6.07) is 5.34. The second-order valence-corrected chi connectivity index (χ2v) is 5.06. The van der Waals surface area contributed by atoms with Gasteiger partial charge < -0.3 is 11.1 Å². The van der Waals surface area contributed by atoms with E-state index in [1.54, 1.807) is 44.2 Å². The zero-order chi connectivity index (χ0) is 15.3. The van der Waals surface area contributed by atoms with Gasteiger partial charge >= 0.3 is 6.18 Å².